The number of nitrogens with zero attached hydrogens (tertiary/aromatic N) is 2. The van der Waals surface area contributed by atoms with Crippen LogP contribution in [0.25, 0.3) is 37.9 Å². The Morgan fingerprint density at radius 2 is 1.14 bits per heavy atom. The SMILES string of the molecule is Cc1cccc(N(c2cccc(Cc3cccc(C(C)C)c3)c2)c2ccc3ccc4c(N(C5=CC=CC(C)C5)c5cccc(C6(c7cccc(C(C)C)c7)C7=C(C=CCC7)c7ccccc76)c5)ccc5ccc2c3c54)c1. The van der Waals surface area contributed by atoms with Gasteiger partial charge in [0.05, 0.1) is 16.8 Å². The average molecular weight is 983 g/mol. The van der Waals surface area contributed by atoms with E-state index in [-0.39, 0.29) is 0 Å². The van der Waals surface area contributed by atoms with Crippen molar-refractivity contribution < 1.29 is 0 Å². The predicted octanol–water partition coefficient (Wildman–Crippen LogP) is 20.3. The molecule has 0 bridgehead atoms. The van der Waals surface area contributed by atoms with E-state index in [1.807, 2.05) is 0 Å². The minimum atomic E-state index is -0.446. The summed E-state index contributed by atoms with van der Waals surface area (Å²) in [5, 5.41) is 7.58. The summed E-state index contributed by atoms with van der Waals surface area (Å²) in [4.78, 5) is 5.09. The van der Waals surface area contributed by atoms with E-state index in [4.69, 9.17) is 0 Å². The molecule has 2 atom stereocenters. The number of benzene rings is 10. The third-order valence-corrected chi connectivity index (χ3v) is 16.9. The van der Waals surface area contributed by atoms with Gasteiger partial charge in [-0.25, -0.2) is 0 Å². The van der Waals surface area contributed by atoms with Gasteiger partial charge in [-0.05, 0) is 188 Å². The van der Waals surface area contributed by atoms with E-state index in [9.17, 15) is 0 Å². The molecule has 0 aliphatic heterocycles. The van der Waals surface area contributed by atoms with Crippen LogP contribution in [0.2, 0.25) is 0 Å². The molecule has 2 nitrogen and oxygen atoms in total. The van der Waals surface area contributed by atoms with Crippen molar-refractivity contribution >= 4 is 66.3 Å². The van der Waals surface area contributed by atoms with E-state index in [1.54, 1.807) is 0 Å². The number of hydrogen-bond acceptors (Lipinski definition) is 2. The molecule has 76 heavy (non-hydrogen) atoms. The fourth-order valence-electron chi connectivity index (χ4n) is 13.3. The number of allylic oxidation sites excluding steroid dienone is 8. The Morgan fingerprint density at radius 1 is 0.553 bits per heavy atom. The van der Waals surface area contributed by atoms with Crippen molar-refractivity contribution in [1.82, 2.24) is 0 Å². The molecule has 0 N–H and O–H groups in total. The standard InChI is InChI=1S/C74H66N2/c1-48(2)56-21-13-19-52(44-56)43-53-20-14-27-62(45-53)75(60-25-11-17-50(5)41-60)70-39-35-54-34-38-67-71(40-36-55-33-37-66(70)72(54)73(55)67)76(61-26-12-18-51(6)42-61)63-28-16-24-59(47-63)74(58-23-15-22-57(46-58)49(3)4)68-31-9-7-29-64(68)65-30-8-10-32-69(65)74/h7-9,11-31,33-41,44-49,51H,10,32,42-43H2,1-6H3. The summed E-state index contributed by atoms with van der Waals surface area (Å²) >= 11 is 0. The highest BCUT2D eigenvalue weighted by Crippen LogP contribution is 2.58. The van der Waals surface area contributed by atoms with Crippen molar-refractivity contribution in [2.24, 2.45) is 5.92 Å². The molecule has 0 heterocycles. The fraction of sp³-hybridized carbons (Fsp3) is 0.189. The fourth-order valence-corrected chi connectivity index (χ4v) is 13.3. The molecule has 0 amide bonds. The van der Waals surface area contributed by atoms with Crippen LogP contribution in [0.5, 0.6) is 0 Å². The van der Waals surface area contributed by atoms with Gasteiger partial charge in [0.25, 0.3) is 0 Å². The largest absolute Gasteiger partial charge is 0.314 e. The van der Waals surface area contributed by atoms with Gasteiger partial charge in [-0.15, -0.1) is 0 Å². The summed E-state index contributed by atoms with van der Waals surface area (Å²) in [5.74, 6) is 1.30. The Kier molecular flexibility index (Phi) is 12.0. The van der Waals surface area contributed by atoms with Gasteiger partial charge in [0, 0.05) is 33.5 Å². The molecule has 0 radical (unpaired) electrons. The second-order valence-electron chi connectivity index (χ2n) is 22.5. The first-order chi connectivity index (χ1) is 37.1. The monoisotopic (exact) mass is 983 g/mol. The smallest absolute Gasteiger partial charge is 0.0677 e. The summed E-state index contributed by atoms with van der Waals surface area (Å²) in [5.41, 5.74) is 21.6. The number of aryl methyl sites for hydroxylation is 1. The van der Waals surface area contributed by atoms with Crippen molar-refractivity contribution in [3.63, 3.8) is 0 Å². The van der Waals surface area contributed by atoms with E-state index in [0.717, 1.165) is 37.1 Å². The van der Waals surface area contributed by atoms with Crippen LogP contribution in [-0.2, 0) is 11.8 Å². The molecular formula is C74H66N2. The van der Waals surface area contributed by atoms with E-state index in [0.29, 0.717) is 17.8 Å². The molecule has 0 aromatic heterocycles. The Morgan fingerprint density at radius 3 is 1.86 bits per heavy atom. The number of rotatable bonds is 12. The lowest BCUT2D eigenvalue weighted by molar-refractivity contribution is 0.689. The van der Waals surface area contributed by atoms with Gasteiger partial charge in [0.15, 0.2) is 0 Å². The molecule has 0 saturated carbocycles. The maximum absolute atomic E-state index is 2.60. The first kappa shape index (κ1) is 47.5. The van der Waals surface area contributed by atoms with Crippen LogP contribution in [0.15, 0.2) is 236 Å². The van der Waals surface area contributed by atoms with Crippen LogP contribution in [0, 0.1) is 12.8 Å². The molecular weight excluding hydrogens is 917 g/mol. The Hall–Kier alpha value is -8.20. The molecule has 13 rings (SSSR count). The average Bonchev–Trinajstić information content (AvgIpc) is 3.98. The number of anilines is 5. The molecule has 3 aliphatic rings. The molecule has 3 aliphatic carbocycles. The highest BCUT2D eigenvalue weighted by Gasteiger charge is 2.47. The van der Waals surface area contributed by atoms with Crippen LogP contribution < -0.4 is 9.80 Å². The normalized spacial score (nSPS) is 17.1. The lowest BCUT2D eigenvalue weighted by atomic mass is 9.65. The maximum atomic E-state index is 2.60. The van der Waals surface area contributed by atoms with Gasteiger partial charge in [-0.3, -0.25) is 0 Å². The van der Waals surface area contributed by atoms with E-state index >= 15 is 0 Å². The Bertz CT molecular complexity index is 4010. The zero-order valence-electron chi connectivity index (χ0n) is 44.8. The zero-order chi connectivity index (χ0) is 51.7. The number of fused-ring (bicyclic) bond motifs is 2. The van der Waals surface area contributed by atoms with Crippen molar-refractivity contribution in [3.05, 3.63) is 286 Å². The molecule has 10 aromatic rings. The summed E-state index contributed by atoms with van der Waals surface area (Å²) < 4.78 is 0. The van der Waals surface area contributed by atoms with Crippen LogP contribution in [0.4, 0.5) is 28.4 Å². The van der Waals surface area contributed by atoms with Gasteiger partial charge >= 0.3 is 0 Å². The number of hydrogen-bond donors (Lipinski definition) is 0. The van der Waals surface area contributed by atoms with E-state index in [1.165, 1.54) is 116 Å². The van der Waals surface area contributed by atoms with E-state index in [2.05, 4.69) is 276 Å². The zero-order valence-corrected chi connectivity index (χ0v) is 44.8. The maximum Gasteiger partial charge on any atom is 0.0677 e. The predicted molar refractivity (Wildman–Crippen MR) is 325 cm³/mol. The van der Waals surface area contributed by atoms with Crippen molar-refractivity contribution in [2.75, 3.05) is 9.80 Å². The molecule has 2 heteroatoms. The van der Waals surface area contributed by atoms with Crippen LogP contribution in [0.3, 0.4) is 0 Å². The summed E-state index contributed by atoms with van der Waals surface area (Å²) in [6, 6.07) is 74.6. The third-order valence-electron chi connectivity index (χ3n) is 16.9. The first-order valence-electron chi connectivity index (χ1n) is 27.8. The summed E-state index contributed by atoms with van der Waals surface area (Å²) in [6.07, 6.45) is 15.6. The lowest BCUT2D eigenvalue weighted by Gasteiger charge is -2.38. The highest BCUT2D eigenvalue weighted by molar-refractivity contribution is 6.28. The topological polar surface area (TPSA) is 6.48 Å². The molecule has 0 spiro atoms. The van der Waals surface area contributed by atoms with Gasteiger partial charge < -0.3 is 9.80 Å². The minimum Gasteiger partial charge on any atom is -0.314 e. The molecule has 372 valence electrons. The quantitative estimate of drug-likeness (QED) is 0.113. The van der Waals surface area contributed by atoms with E-state index < -0.39 is 5.41 Å². The summed E-state index contributed by atoms with van der Waals surface area (Å²) in [6.45, 7) is 13.7. The lowest BCUT2D eigenvalue weighted by Crippen LogP contribution is -2.31. The summed E-state index contributed by atoms with van der Waals surface area (Å²) in [7, 11) is 0. The van der Waals surface area contributed by atoms with Crippen molar-refractivity contribution in [2.45, 2.75) is 84.5 Å². The molecule has 0 fully saturated rings. The van der Waals surface area contributed by atoms with Gasteiger partial charge in [-0.2, -0.15) is 0 Å². The van der Waals surface area contributed by atoms with Crippen molar-refractivity contribution in [1.29, 1.82) is 0 Å². The van der Waals surface area contributed by atoms with Crippen LogP contribution >= 0.6 is 0 Å². The van der Waals surface area contributed by atoms with Crippen molar-refractivity contribution in [3.8, 4) is 0 Å². The second-order valence-corrected chi connectivity index (χ2v) is 22.5. The first-order valence-corrected chi connectivity index (χ1v) is 27.8. The molecule has 10 aromatic carbocycles. The van der Waals surface area contributed by atoms with Crippen LogP contribution in [0.1, 0.15) is 116 Å². The minimum absolute atomic E-state index is 0.401. The van der Waals surface area contributed by atoms with Gasteiger partial charge in [0.1, 0.15) is 0 Å². The van der Waals surface area contributed by atoms with Gasteiger partial charge in [-0.1, -0.05) is 205 Å². The van der Waals surface area contributed by atoms with Gasteiger partial charge in [0.2, 0.25) is 0 Å². The second kappa shape index (κ2) is 19.2. The molecule has 2 unspecified atom stereocenters. The third kappa shape index (κ3) is 8.00. The van der Waals surface area contributed by atoms with Crippen LogP contribution in [-0.4, -0.2) is 0 Å². The molecule has 0 saturated heterocycles. The Labute approximate surface area is 450 Å². The Balaban J connectivity index is 1.00. The highest BCUT2D eigenvalue weighted by atomic mass is 15.2.